The summed E-state index contributed by atoms with van der Waals surface area (Å²) >= 11 is 0. The number of ether oxygens (including phenoxy) is 6. The molecule has 2 saturated carbocycles. The Kier molecular flexibility index (Phi) is 13.2. The zero-order chi connectivity index (χ0) is 46.1. The van der Waals surface area contributed by atoms with Gasteiger partial charge in [-0.2, -0.15) is 0 Å². The van der Waals surface area contributed by atoms with E-state index in [-0.39, 0.29) is 30.6 Å². The zero-order valence-electron chi connectivity index (χ0n) is 36.1. The summed E-state index contributed by atoms with van der Waals surface area (Å²) in [5.41, 5.74) is -7.61. The van der Waals surface area contributed by atoms with Gasteiger partial charge in [0.15, 0.2) is 24.3 Å². The lowest BCUT2D eigenvalue weighted by Crippen LogP contribution is -2.79. The van der Waals surface area contributed by atoms with Gasteiger partial charge in [0.05, 0.1) is 42.5 Å². The van der Waals surface area contributed by atoms with E-state index in [0.717, 1.165) is 0 Å². The van der Waals surface area contributed by atoms with E-state index in [1.807, 2.05) is 0 Å². The summed E-state index contributed by atoms with van der Waals surface area (Å²) in [5.74, 6) is -5.60. The molecule has 346 valence electrons. The summed E-state index contributed by atoms with van der Waals surface area (Å²) in [6, 6.07) is 6.72. The molecular weight excluding hydrogens is 818 g/mol. The van der Waals surface area contributed by atoms with Crippen molar-refractivity contribution >= 4 is 23.8 Å². The molecule has 1 aromatic rings. The fourth-order valence-electron chi connectivity index (χ4n) is 10.5. The Bertz CT molecular complexity index is 1900. The van der Waals surface area contributed by atoms with Crippen molar-refractivity contribution in [1.82, 2.24) is 5.32 Å². The number of fused-ring (bicyclic) bond motifs is 5. The highest BCUT2D eigenvalue weighted by Gasteiger charge is 2.74. The predicted molar refractivity (Wildman–Crippen MR) is 211 cm³/mol. The number of ketones is 1. The van der Waals surface area contributed by atoms with E-state index in [0.29, 0.717) is 5.56 Å². The number of rotatable bonds is 10. The molecule has 14 unspecified atom stereocenters. The van der Waals surface area contributed by atoms with E-state index in [9.17, 15) is 55.2 Å². The van der Waals surface area contributed by atoms with Crippen molar-refractivity contribution in [3.8, 4) is 0 Å². The van der Waals surface area contributed by atoms with Crippen molar-refractivity contribution in [2.75, 3.05) is 19.8 Å². The lowest BCUT2D eigenvalue weighted by molar-refractivity contribution is -0.336. The number of aliphatic hydroxyl groups excluding tert-OH is 6. The minimum Gasteiger partial charge on any atom is -0.456 e. The first-order valence-electron chi connectivity index (χ1n) is 20.8. The van der Waals surface area contributed by atoms with Gasteiger partial charge in [0, 0.05) is 24.2 Å². The molecule has 1 amide bonds. The Morgan fingerprint density at radius 3 is 2.21 bits per heavy atom. The molecule has 2 saturated heterocycles. The van der Waals surface area contributed by atoms with Gasteiger partial charge in [0.1, 0.15) is 48.3 Å². The standard InChI is InChI=1S/C43H61NO18/c1-19-22(59-36(53)30(49)28(21-12-10-9-11-13-21)44-38(54)62-39(3,4)5)15-43(56)20(2)34-41(8,24(46)14-25-42(34,55)18-58-25)35(52)33(27(19)40(43,6)7)61-26(47)17-57-37-32(51)31(50)29(48)23(16-45)60-37/h9-13,20,22-25,28-34,37,45-46,48-51,55-56H,14-18H2,1-8H3,(H,44,54)/t20?,22?,23?,24?,25?,28?,29?,30?,31?,32?,33?,34?,37?,41-,42+,43?/m1/s1. The van der Waals surface area contributed by atoms with Crippen LogP contribution in [0.25, 0.3) is 0 Å². The number of hydrogen-bond donors (Lipinski definition) is 9. The molecule has 19 heteroatoms. The van der Waals surface area contributed by atoms with Gasteiger partial charge in [-0.3, -0.25) is 4.79 Å². The van der Waals surface area contributed by atoms with Crippen LogP contribution in [0.15, 0.2) is 41.5 Å². The molecule has 6 rings (SSSR count). The third-order valence-corrected chi connectivity index (χ3v) is 13.9. The summed E-state index contributed by atoms with van der Waals surface area (Å²) in [7, 11) is 0. The minimum atomic E-state index is -2.05. The highest BCUT2D eigenvalue weighted by Crippen LogP contribution is 2.64. The van der Waals surface area contributed by atoms with Crippen LogP contribution >= 0.6 is 0 Å². The zero-order valence-corrected chi connectivity index (χ0v) is 36.1. The van der Waals surface area contributed by atoms with E-state index in [4.69, 9.17) is 28.4 Å². The molecule has 62 heavy (non-hydrogen) atoms. The first-order chi connectivity index (χ1) is 28.7. The van der Waals surface area contributed by atoms with Crippen LogP contribution in [0.2, 0.25) is 0 Å². The van der Waals surface area contributed by atoms with Gasteiger partial charge in [-0.25, -0.2) is 14.4 Å². The van der Waals surface area contributed by atoms with E-state index in [1.165, 1.54) is 13.8 Å². The van der Waals surface area contributed by atoms with Crippen molar-refractivity contribution in [3.05, 3.63) is 47.0 Å². The third-order valence-electron chi connectivity index (χ3n) is 13.9. The molecular formula is C43H61NO18. The van der Waals surface area contributed by atoms with Gasteiger partial charge >= 0.3 is 18.0 Å². The Morgan fingerprint density at radius 1 is 0.984 bits per heavy atom. The maximum absolute atomic E-state index is 15.3. The quantitative estimate of drug-likeness (QED) is 0.0811. The summed E-state index contributed by atoms with van der Waals surface area (Å²) in [6.45, 7) is 10.6. The van der Waals surface area contributed by atoms with Gasteiger partial charge in [0.25, 0.3) is 0 Å². The molecule has 1 aromatic carbocycles. The summed E-state index contributed by atoms with van der Waals surface area (Å²) in [4.78, 5) is 56.2. The lowest BCUT2D eigenvalue weighted by Gasteiger charge is -2.67. The maximum atomic E-state index is 15.3. The van der Waals surface area contributed by atoms with E-state index in [2.05, 4.69) is 5.32 Å². The smallest absolute Gasteiger partial charge is 0.408 e. The van der Waals surface area contributed by atoms with Crippen LogP contribution in [-0.2, 0) is 42.8 Å². The van der Waals surface area contributed by atoms with E-state index < -0.39 is 144 Å². The predicted octanol–water partition coefficient (Wildman–Crippen LogP) is -0.533. The van der Waals surface area contributed by atoms with Crippen LogP contribution in [0.5, 0.6) is 0 Å². The number of nitrogens with one attached hydrogen (secondary N) is 1. The van der Waals surface area contributed by atoms with Gasteiger partial charge < -0.3 is 74.6 Å². The van der Waals surface area contributed by atoms with Crippen molar-refractivity contribution in [1.29, 1.82) is 0 Å². The minimum absolute atomic E-state index is 0.00563. The molecule has 19 nitrogen and oxygen atoms in total. The Hall–Kier alpha value is -3.60. The summed E-state index contributed by atoms with van der Waals surface area (Å²) in [5, 5.41) is 91.9. The van der Waals surface area contributed by atoms with Gasteiger partial charge in [-0.15, -0.1) is 0 Å². The number of benzene rings is 1. The fourth-order valence-corrected chi connectivity index (χ4v) is 10.5. The molecule has 0 spiro atoms. The second kappa shape index (κ2) is 17.1. The second-order valence-electron chi connectivity index (χ2n) is 19.1. The molecule has 3 aliphatic carbocycles. The molecule has 0 aromatic heterocycles. The molecule has 2 bridgehead atoms. The number of Topliss-reactive ketones (excluding diaryl/α,β-unsaturated/α-hetero) is 1. The Morgan fingerprint density at radius 2 is 1.63 bits per heavy atom. The highest BCUT2D eigenvalue weighted by atomic mass is 16.7. The molecule has 2 heterocycles. The summed E-state index contributed by atoms with van der Waals surface area (Å²) in [6.07, 6.45) is -17.7. The summed E-state index contributed by atoms with van der Waals surface area (Å²) < 4.78 is 33.8. The van der Waals surface area contributed by atoms with Crippen LogP contribution in [0.3, 0.4) is 0 Å². The van der Waals surface area contributed by atoms with Crippen LogP contribution in [0.4, 0.5) is 4.79 Å². The van der Waals surface area contributed by atoms with Crippen molar-refractivity contribution in [2.45, 2.75) is 152 Å². The molecule has 2 aliphatic heterocycles. The number of carbonyl (C=O) groups excluding carboxylic acids is 4. The number of esters is 2. The Labute approximate surface area is 358 Å². The average molecular weight is 880 g/mol. The molecule has 5 aliphatic rings. The topological polar surface area (TPSA) is 298 Å². The fraction of sp³-hybridized carbons (Fsp3) is 0.721. The maximum Gasteiger partial charge on any atom is 0.408 e. The normalized spacial score (nSPS) is 40.0. The Balaban J connectivity index is 1.39. The lowest BCUT2D eigenvalue weighted by atomic mass is 9.43. The van der Waals surface area contributed by atoms with E-state index >= 15 is 4.79 Å². The third kappa shape index (κ3) is 8.08. The first kappa shape index (κ1) is 47.9. The van der Waals surface area contributed by atoms with Gasteiger partial charge in [-0.05, 0) is 57.2 Å². The first-order valence-corrected chi connectivity index (χ1v) is 20.8. The molecule has 16 atom stereocenters. The van der Waals surface area contributed by atoms with Gasteiger partial charge in [0.2, 0.25) is 0 Å². The molecule has 9 N–H and O–H groups in total. The number of aliphatic hydroxyl groups is 8. The highest BCUT2D eigenvalue weighted by molar-refractivity contribution is 5.95. The average Bonchev–Trinajstić information content (AvgIpc) is 3.20. The largest absolute Gasteiger partial charge is 0.456 e. The number of carbonyl (C=O) groups is 4. The van der Waals surface area contributed by atoms with Crippen molar-refractivity contribution in [3.63, 3.8) is 0 Å². The number of alkyl carbamates (subject to hydrolysis) is 1. The van der Waals surface area contributed by atoms with E-state index in [1.54, 1.807) is 71.9 Å². The van der Waals surface area contributed by atoms with Crippen LogP contribution < -0.4 is 5.32 Å². The molecule has 0 radical (unpaired) electrons. The SMILES string of the molecule is CC1=C2C(OC(=O)COC3OC(CO)C(O)C(O)C3O)C(=O)[C@]3(C)C(O)CC4OC[C@@]4(O)C3C(C)C(O)(CC1OC(=O)C(O)C(NC(=O)OC(C)(C)C)c1ccccc1)C2(C)C. The van der Waals surface area contributed by atoms with Crippen LogP contribution in [0.1, 0.15) is 79.8 Å². The van der Waals surface area contributed by atoms with Crippen molar-refractivity contribution < 1.29 is 88.5 Å². The number of amides is 1. The number of hydrogen-bond acceptors (Lipinski definition) is 18. The van der Waals surface area contributed by atoms with Crippen LogP contribution in [0, 0.1) is 22.7 Å². The van der Waals surface area contributed by atoms with Gasteiger partial charge in [-0.1, -0.05) is 51.1 Å². The monoisotopic (exact) mass is 879 g/mol. The van der Waals surface area contributed by atoms with Crippen molar-refractivity contribution in [2.24, 2.45) is 22.7 Å². The second-order valence-corrected chi connectivity index (χ2v) is 19.1. The molecule has 4 fully saturated rings. The van der Waals surface area contributed by atoms with Crippen LogP contribution in [-0.4, -0.2) is 163 Å².